The minimum absolute atomic E-state index is 0.168. The molecule has 3 atom stereocenters. The van der Waals surface area contributed by atoms with E-state index >= 15 is 0 Å². The summed E-state index contributed by atoms with van der Waals surface area (Å²) in [5.74, 6) is -0.160. The molecule has 0 spiro atoms. The Bertz CT molecular complexity index is 686. The van der Waals surface area contributed by atoms with Crippen LogP contribution in [0.25, 0.3) is 0 Å². The fourth-order valence-electron chi connectivity index (χ4n) is 3.17. The molecule has 1 fully saturated rings. The number of pyridine rings is 1. The smallest absolute Gasteiger partial charge is 0.238 e. The molecule has 1 amide bonds. The lowest BCUT2D eigenvalue weighted by atomic mass is 10.0. The molecule has 8 nitrogen and oxygen atoms in total. The number of hydrazine groups is 1. The fourth-order valence-corrected chi connectivity index (χ4v) is 5.14. The van der Waals surface area contributed by atoms with Gasteiger partial charge in [-0.3, -0.25) is 20.6 Å². The van der Waals surface area contributed by atoms with Crippen molar-refractivity contribution in [3.63, 3.8) is 0 Å². The highest BCUT2D eigenvalue weighted by Gasteiger charge is 2.42. The molecule has 26 heavy (non-hydrogen) atoms. The zero-order valence-electron chi connectivity index (χ0n) is 15.7. The lowest BCUT2D eigenvalue weighted by molar-refractivity contribution is -0.123. The first-order chi connectivity index (χ1) is 12.2. The zero-order chi connectivity index (χ0) is 19.3. The Hall–Kier alpha value is -1.55. The molecule has 146 valence electrons. The third kappa shape index (κ3) is 5.47. The van der Waals surface area contributed by atoms with Crippen LogP contribution in [-0.4, -0.2) is 42.7 Å². The maximum atomic E-state index is 12.8. The predicted octanol–water partition coefficient (Wildman–Crippen LogP) is 0.285. The van der Waals surface area contributed by atoms with Crippen molar-refractivity contribution in [2.24, 2.45) is 5.92 Å². The van der Waals surface area contributed by atoms with E-state index in [9.17, 15) is 13.2 Å². The van der Waals surface area contributed by atoms with Crippen LogP contribution in [0.3, 0.4) is 0 Å². The highest BCUT2D eigenvalue weighted by atomic mass is 32.2. The summed E-state index contributed by atoms with van der Waals surface area (Å²) >= 11 is 0. The molecule has 1 aliphatic rings. The zero-order valence-corrected chi connectivity index (χ0v) is 16.5. The molecule has 0 aromatic carbocycles. The van der Waals surface area contributed by atoms with Crippen molar-refractivity contribution in [2.45, 2.75) is 64.0 Å². The third-order valence-corrected chi connectivity index (χ3v) is 6.55. The Morgan fingerprint density at radius 2 is 1.92 bits per heavy atom. The minimum Gasteiger partial charge on any atom is -0.351 e. The van der Waals surface area contributed by atoms with E-state index in [-0.39, 0.29) is 23.9 Å². The van der Waals surface area contributed by atoms with Gasteiger partial charge >= 0.3 is 0 Å². The second-order valence-corrected chi connectivity index (χ2v) is 9.12. The van der Waals surface area contributed by atoms with Crippen molar-refractivity contribution in [3.05, 3.63) is 30.1 Å². The van der Waals surface area contributed by atoms with Crippen LogP contribution in [0.4, 0.5) is 0 Å². The number of rotatable bonds is 8. The van der Waals surface area contributed by atoms with Crippen LogP contribution in [0.2, 0.25) is 0 Å². The Morgan fingerprint density at radius 3 is 2.46 bits per heavy atom. The highest BCUT2D eigenvalue weighted by Crippen LogP contribution is 2.16. The number of aromatic nitrogens is 1. The second kappa shape index (κ2) is 8.90. The van der Waals surface area contributed by atoms with Crippen LogP contribution in [-0.2, 0) is 21.4 Å². The van der Waals surface area contributed by atoms with Crippen LogP contribution in [0.1, 0.15) is 39.7 Å². The van der Waals surface area contributed by atoms with Gasteiger partial charge in [-0.1, -0.05) is 19.9 Å². The van der Waals surface area contributed by atoms with Gasteiger partial charge in [0.05, 0.1) is 0 Å². The van der Waals surface area contributed by atoms with Crippen LogP contribution < -0.4 is 20.9 Å². The molecule has 1 aliphatic heterocycles. The third-order valence-electron chi connectivity index (χ3n) is 4.40. The lowest BCUT2D eigenvalue weighted by Gasteiger charge is -2.25. The first kappa shape index (κ1) is 20.8. The van der Waals surface area contributed by atoms with Crippen LogP contribution in [0.15, 0.2) is 24.5 Å². The number of carbonyl (C=O) groups is 1. The van der Waals surface area contributed by atoms with Crippen molar-refractivity contribution in [3.8, 4) is 0 Å². The molecule has 2 heterocycles. The van der Waals surface area contributed by atoms with Gasteiger partial charge in [0.25, 0.3) is 0 Å². The van der Waals surface area contributed by atoms with Gasteiger partial charge in [-0.15, -0.1) is 0 Å². The van der Waals surface area contributed by atoms with Crippen LogP contribution >= 0.6 is 0 Å². The minimum atomic E-state index is -3.68. The monoisotopic (exact) mass is 383 g/mol. The van der Waals surface area contributed by atoms with Gasteiger partial charge in [-0.05, 0) is 37.8 Å². The van der Waals surface area contributed by atoms with Crippen molar-refractivity contribution in [2.75, 3.05) is 0 Å². The molecule has 1 aromatic heterocycles. The van der Waals surface area contributed by atoms with Crippen molar-refractivity contribution in [1.29, 1.82) is 0 Å². The summed E-state index contributed by atoms with van der Waals surface area (Å²) in [4.78, 5) is 16.6. The molecular formula is C17H29N5O3S. The number of nitrogens with one attached hydrogen (secondary N) is 4. The largest absolute Gasteiger partial charge is 0.351 e. The maximum Gasteiger partial charge on any atom is 0.238 e. The van der Waals surface area contributed by atoms with Gasteiger partial charge in [0.15, 0.2) is 0 Å². The number of nitrogens with zero attached hydrogens (tertiary/aromatic N) is 1. The summed E-state index contributed by atoms with van der Waals surface area (Å²) in [6.45, 7) is 7.84. The molecule has 2 rings (SSSR count). The van der Waals surface area contributed by atoms with Crippen molar-refractivity contribution < 1.29 is 13.2 Å². The van der Waals surface area contributed by atoms with Crippen LogP contribution in [0, 0.1) is 5.92 Å². The van der Waals surface area contributed by atoms with E-state index in [2.05, 4.69) is 25.9 Å². The quantitative estimate of drug-likeness (QED) is 0.513. The SMILES string of the molecule is CC(C)C[C@@H](NS(=O)(=O)C1C(C)NNC1C)C(=O)NCc1cccnc1. The Balaban J connectivity index is 2.07. The molecule has 0 bridgehead atoms. The van der Waals surface area contributed by atoms with E-state index in [4.69, 9.17) is 0 Å². The van der Waals surface area contributed by atoms with E-state index in [1.165, 1.54) is 0 Å². The fraction of sp³-hybridized carbons (Fsp3) is 0.647. The topological polar surface area (TPSA) is 112 Å². The summed E-state index contributed by atoms with van der Waals surface area (Å²) in [7, 11) is -3.68. The molecule has 4 N–H and O–H groups in total. The van der Waals surface area contributed by atoms with Gasteiger partial charge < -0.3 is 5.32 Å². The highest BCUT2D eigenvalue weighted by molar-refractivity contribution is 7.90. The molecular weight excluding hydrogens is 354 g/mol. The van der Waals surface area contributed by atoms with Crippen LogP contribution in [0.5, 0.6) is 0 Å². The first-order valence-electron chi connectivity index (χ1n) is 8.89. The molecule has 2 unspecified atom stereocenters. The Morgan fingerprint density at radius 1 is 1.27 bits per heavy atom. The van der Waals surface area contributed by atoms with E-state index < -0.39 is 21.3 Å². The number of hydrogen-bond donors (Lipinski definition) is 4. The number of hydrogen-bond acceptors (Lipinski definition) is 6. The van der Waals surface area contributed by atoms with E-state index in [1.54, 1.807) is 32.3 Å². The molecule has 9 heteroatoms. The van der Waals surface area contributed by atoms with E-state index in [1.807, 2.05) is 19.9 Å². The molecule has 1 aromatic rings. The lowest BCUT2D eigenvalue weighted by Crippen LogP contribution is -2.53. The number of carbonyl (C=O) groups excluding carboxylic acids is 1. The van der Waals surface area contributed by atoms with Gasteiger partial charge in [0, 0.05) is 31.0 Å². The molecule has 0 saturated carbocycles. The van der Waals surface area contributed by atoms with Gasteiger partial charge in [-0.2, -0.15) is 0 Å². The summed E-state index contributed by atoms with van der Waals surface area (Å²) in [5.41, 5.74) is 6.74. The molecule has 1 saturated heterocycles. The number of sulfonamides is 1. The normalized spacial score (nSPS) is 24.6. The molecule has 0 radical (unpaired) electrons. The van der Waals surface area contributed by atoms with Crippen molar-refractivity contribution >= 4 is 15.9 Å². The number of amides is 1. The van der Waals surface area contributed by atoms with Gasteiger partial charge in [0.1, 0.15) is 11.3 Å². The maximum absolute atomic E-state index is 12.8. The standard InChI is InChI=1S/C17H29N5O3S/c1-11(2)8-15(17(23)19-10-14-6-5-7-18-9-14)22-26(24,25)16-12(3)20-21-13(16)4/h5-7,9,11-13,15-16,20-22H,8,10H2,1-4H3,(H,19,23)/t12?,13?,15-,16?/m1/s1. The summed E-state index contributed by atoms with van der Waals surface area (Å²) in [6, 6.07) is 2.34. The van der Waals surface area contributed by atoms with E-state index in [0.717, 1.165) is 5.56 Å². The Labute approximate surface area is 155 Å². The predicted molar refractivity (Wildman–Crippen MR) is 100 cm³/mol. The Kier molecular flexibility index (Phi) is 7.10. The summed E-state index contributed by atoms with van der Waals surface area (Å²) in [6.07, 6.45) is 3.75. The van der Waals surface area contributed by atoms with Gasteiger partial charge in [0.2, 0.25) is 15.9 Å². The first-order valence-corrected chi connectivity index (χ1v) is 10.4. The molecule has 0 aliphatic carbocycles. The second-order valence-electron chi connectivity index (χ2n) is 7.25. The summed E-state index contributed by atoms with van der Waals surface area (Å²) < 4.78 is 28.3. The average Bonchev–Trinajstić information content (AvgIpc) is 2.91. The average molecular weight is 384 g/mol. The van der Waals surface area contributed by atoms with Crippen molar-refractivity contribution in [1.82, 2.24) is 25.9 Å². The summed E-state index contributed by atoms with van der Waals surface area (Å²) in [5, 5.41) is 2.15. The van der Waals surface area contributed by atoms with Gasteiger partial charge in [-0.25, -0.2) is 13.1 Å². The van der Waals surface area contributed by atoms with E-state index in [0.29, 0.717) is 13.0 Å².